The molecule has 0 saturated heterocycles. The summed E-state index contributed by atoms with van der Waals surface area (Å²) in [7, 11) is 0. The van der Waals surface area contributed by atoms with Crippen LogP contribution < -0.4 is 0 Å². The highest BCUT2D eigenvalue weighted by molar-refractivity contribution is 14.1. The monoisotopic (exact) mass is 243 g/mol. The summed E-state index contributed by atoms with van der Waals surface area (Å²) in [4.78, 5) is 0. The summed E-state index contributed by atoms with van der Waals surface area (Å²) in [5.41, 5.74) is 1.88. The molecule has 1 nitrogen and oxygen atoms in total. The molecule has 0 heterocycles. The predicted molar refractivity (Wildman–Crippen MR) is 48.6 cm³/mol. The fraction of sp³-hybridized carbons (Fsp3) is 0.125. The van der Waals surface area contributed by atoms with Crippen LogP contribution in [-0.2, 0) is 0 Å². The largest absolute Gasteiger partial charge is 0.192 e. The minimum Gasteiger partial charge on any atom is -0.192 e. The lowest BCUT2D eigenvalue weighted by atomic mass is 10.2. The Kier molecular flexibility index (Phi) is 2.28. The zero-order valence-electron chi connectivity index (χ0n) is 5.56. The van der Waals surface area contributed by atoms with E-state index in [0.717, 1.165) is 14.7 Å². The second-order valence-corrected chi connectivity index (χ2v) is 3.37. The van der Waals surface area contributed by atoms with E-state index in [1.54, 1.807) is 0 Å². The van der Waals surface area contributed by atoms with Crippen molar-refractivity contribution in [3.8, 4) is 6.07 Å². The molecule has 0 aliphatic carbocycles. The zero-order chi connectivity index (χ0) is 7.56. The normalized spacial score (nSPS) is 8.90. The van der Waals surface area contributed by atoms with Gasteiger partial charge in [0.05, 0.1) is 11.6 Å². The van der Waals surface area contributed by atoms with Crippen molar-refractivity contribution in [3.05, 3.63) is 32.9 Å². The molecule has 0 N–H and O–H groups in total. The lowest BCUT2D eigenvalue weighted by Gasteiger charge is -1.93. The molecule has 50 valence electrons. The van der Waals surface area contributed by atoms with E-state index in [1.807, 2.05) is 25.1 Å². The molecule has 0 amide bonds. The Hall–Kier alpha value is -0.560. The summed E-state index contributed by atoms with van der Waals surface area (Å²) in [6.07, 6.45) is 0. The fourth-order valence-electron chi connectivity index (χ4n) is 0.801. The van der Waals surface area contributed by atoms with Crippen LogP contribution in [0.5, 0.6) is 0 Å². The summed E-state index contributed by atoms with van der Waals surface area (Å²) >= 11 is 2.20. The molecule has 0 unspecified atom stereocenters. The van der Waals surface area contributed by atoms with Gasteiger partial charge in [-0.25, -0.2) is 0 Å². The van der Waals surface area contributed by atoms with Crippen LogP contribution in [0.3, 0.4) is 0 Å². The fourth-order valence-corrected chi connectivity index (χ4v) is 1.63. The van der Waals surface area contributed by atoms with Crippen LogP contribution in [0.25, 0.3) is 0 Å². The summed E-state index contributed by atoms with van der Waals surface area (Å²) in [6.45, 7) is 1.99. The van der Waals surface area contributed by atoms with E-state index in [0.29, 0.717) is 0 Å². The van der Waals surface area contributed by atoms with Crippen molar-refractivity contribution >= 4 is 22.6 Å². The lowest BCUT2D eigenvalue weighted by Crippen LogP contribution is -1.79. The van der Waals surface area contributed by atoms with Gasteiger partial charge in [0.25, 0.3) is 0 Å². The maximum Gasteiger partial charge on any atom is 0.0992 e. The molecule has 0 aliphatic heterocycles. The van der Waals surface area contributed by atoms with E-state index in [9.17, 15) is 0 Å². The van der Waals surface area contributed by atoms with Crippen molar-refractivity contribution in [2.24, 2.45) is 0 Å². The molecule has 1 rings (SSSR count). The first-order chi connectivity index (χ1) is 4.72. The van der Waals surface area contributed by atoms with Gasteiger partial charge in [-0.3, -0.25) is 0 Å². The van der Waals surface area contributed by atoms with Gasteiger partial charge in [0.1, 0.15) is 0 Å². The molecule has 0 saturated carbocycles. The van der Waals surface area contributed by atoms with Crippen LogP contribution in [0.4, 0.5) is 0 Å². The first kappa shape index (κ1) is 7.55. The summed E-state index contributed by atoms with van der Waals surface area (Å²) in [6, 6.07) is 7.89. The average Bonchev–Trinajstić information content (AvgIpc) is 1.85. The van der Waals surface area contributed by atoms with Gasteiger partial charge in [0, 0.05) is 3.57 Å². The maximum atomic E-state index is 8.53. The Morgan fingerprint density at radius 2 is 2.10 bits per heavy atom. The molecular formula is C8H6IN. The van der Waals surface area contributed by atoms with Crippen molar-refractivity contribution in [2.45, 2.75) is 6.92 Å². The van der Waals surface area contributed by atoms with Gasteiger partial charge in [-0.1, -0.05) is 0 Å². The van der Waals surface area contributed by atoms with Gasteiger partial charge in [0.2, 0.25) is 0 Å². The lowest BCUT2D eigenvalue weighted by molar-refractivity contribution is 1.40. The smallest absolute Gasteiger partial charge is 0.0992 e. The Balaban J connectivity index is 3.22. The SMILES string of the molecule is Cc1cc(I)cc(C#N)c1. The number of hydrogen-bond donors (Lipinski definition) is 0. The van der Waals surface area contributed by atoms with Crippen LogP contribution in [0.1, 0.15) is 11.1 Å². The second-order valence-electron chi connectivity index (χ2n) is 2.13. The van der Waals surface area contributed by atoms with E-state index >= 15 is 0 Å². The molecule has 1 aromatic rings. The van der Waals surface area contributed by atoms with Crippen molar-refractivity contribution < 1.29 is 0 Å². The van der Waals surface area contributed by atoms with Crippen molar-refractivity contribution in [1.82, 2.24) is 0 Å². The van der Waals surface area contributed by atoms with E-state index in [1.165, 1.54) is 0 Å². The van der Waals surface area contributed by atoms with E-state index in [-0.39, 0.29) is 0 Å². The van der Waals surface area contributed by atoms with Gasteiger partial charge in [0.15, 0.2) is 0 Å². The molecule has 1 aromatic carbocycles. The number of nitriles is 1. The molecule has 0 spiro atoms. The average molecular weight is 243 g/mol. The van der Waals surface area contributed by atoms with E-state index in [4.69, 9.17) is 5.26 Å². The Morgan fingerprint density at radius 3 is 2.60 bits per heavy atom. The zero-order valence-corrected chi connectivity index (χ0v) is 7.71. The van der Waals surface area contributed by atoms with Crippen LogP contribution in [0, 0.1) is 21.8 Å². The van der Waals surface area contributed by atoms with Gasteiger partial charge < -0.3 is 0 Å². The van der Waals surface area contributed by atoms with E-state index < -0.39 is 0 Å². The summed E-state index contributed by atoms with van der Waals surface area (Å²) < 4.78 is 1.12. The standard InChI is InChI=1S/C8H6IN/c1-6-2-7(5-10)4-8(9)3-6/h2-4H,1H3. The first-order valence-corrected chi connectivity index (χ1v) is 3.97. The highest BCUT2D eigenvalue weighted by atomic mass is 127. The summed E-state index contributed by atoms with van der Waals surface area (Å²) in [5.74, 6) is 0. The van der Waals surface area contributed by atoms with Crippen molar-refractivity contribution in [2.75, 3.05) is 0 Å². The third-order valence-electron chi connectivity index (χ3n) is 1.17. The number of hydrogen-bond acceptors (Lipinski definition) is 1. The van der Waals surface area contributed by atoms with Crippen LogP contribution in [-0.4, -0.2) is 0 Å². The number of rotatable bonds is 0. The van der Waals surface area contributed by atoms with Crippen LogP contribution in [0.2, 0.25) is 0 Å². The molecule has 2 heteroatoms. The van der Waals surface area contributed by atoms with Gasteiger partial charge >= 0.3 is 0 Å². The molecule has 0 atom stereocenters. The molecule has 0 aromatic heterocycles. The Morgan fingerprint density at radius 1 is 1.40 bits per heavy atom. The quantitative estimate of drug-likeness (QED) is 0.642. The molecular weight excluding hydrogens is 237 g/mol. The number of aryl methyl sites for hydroxylation is 1. The third kappa shape index (κ3) is 1.71. The molecule has 0 fully saturated rings. The highest BCUT2D eigenvalue weighted by Gasteiger charge is 1.92. The van der Waals surface area contributed by atoms with Crippen LogP contribution >= 0.6 is 22.6 Å². The topological polar surface area (TPSA) is 23.8 Å². The third-order valence-corrected chi connectivity index (χ3v) is 1.79. The Labute approximate surface area is 73.8 Å². The van der Waals surface area contributed by atoms with Crippen molar-refractivity contribution in [1.29, 1.82) is 5.26 Å². The van der Waals surface area contributed by atoms with Gasteiger partial charge in [-0.2, -0.15) is 5.26 Å². The van der Waals surface area contributed by atoms with Crippen LogP contribution in [0.15, 0.2) is 18.2 Å². The molecule has 10 heavy (non-hydrogen) atoms. The van der Waals surface area contributed by atoms with E-state index in [2.05, 4.69) is 28.7 Å². The molecule has 0 radical (unpaired) electrons. The number of halogens is 1. The number of nitrogens with zero attached hydrogens (tertiary/aromatic N) is 1. The number of benzene rings is 1. The van der Waals surface area contributed by atoms with Gasteiger partial charge in [-0.15, -0.1) is 0 Å². The molecule has 0 bridgehead atoms. The maximum absolute atomic E-state index is 8.53. The van der Waals surface area contributed by atoms with Gasteiger partial charge in [-0.05, 0) is 53.3 Å². The highest BCUT2D eigenvalue weighted by Crippen LogP contribution is 2.10. The molecule has 0 aliphatic rings. The predicted octanol–water partition coefficient (Wildman–Crippen LogP) is 2.47. The minimum atomic E-state index is 0.740. The van der Waals surface area contributed by atoms with Crippen molar-refractivity contribution in [3.63, 3.8) is 0 Å². The Bertz CT molecular complexity index is 266. The summed E-state index contributed by atoms with van der Waals surface area (Å²) in [5, 5.41) is 8.53. The second kappa shape index (κ2) is 3.02. The first-order valence-electron chi connectivity index (χ1n) is 2.89. The minimum absolute atomic E-state index is 0.740.